The maximum atomic E-state index is 11.2. The number of amides is 2. The van der Waals surface area contributed by atoms with Crippen molar-refractivity contribution in [2.24, 2.45) is 0 Å². The molecular formula is C8H14N4O. The van der Waals surface area contributed by atoms with Crippen LogP contribution in [0.4, 0.5) is 10.6 Å². The molecule has 0 aliphatic heterocycles. The lowest BCUT2D eigenvalue weighted by Gasteiger charge is -2.04. The first kappa shape index (κ1) is 9.57. The van der Waals surface area contributed by atoms with Gasteiger partial charge in [-0.2, -0.15) is 5.10 Å². The summed E-state index contributed by atoms with van der Waals surface area (Å²) in [6, 6.07) is -0.200. The average molecular weight is 182 g/mol. The Morgan fingerprint density at radius 2 is 2.46 bits per heavy atom. The van der Waals surface area contributed by atoms with Gasteiger partial charge in [0, 0.05) is 12.1 Å². The van der Waals surface area contributed by atoms with Crippen molar-refractivity contribution in [1.82, 2.24) is 15.5 Å². The van der Waals surface area contributed by atoms with Crippen molar-refractivity contribution >= 4 is 11.8 Å². The van der Waals surface area contributed by atoms with Crippen LogP contribution < -0.4 is 10.6 Å². The van der Waals surface area contributed by atoms with Crippen LogP contribution in [0.3, 0.4) is 0 Å². The van der Waals surface area contributed by atoms with Gasteiger partial charge in [0.05, 0.1) is 6.20 Å². The minimum absolute atomic E-state index is 0.200. The summed E-state index contributed by atoms with van der Waals surface area (Å²) in [6.45, 7) is 4.56. The smallest absolute Gasteiger partial charge is 0.320 e. The van der Waals surface area contributed by atoms with Gasteiger partial charge in [0.15, 0.2) is 0 Å². The van der Waals surface area contributed by atoms with Crippen molar-refractivity contribution in [3.63, 3.8) is 0 Å². The highest BCUT2D eigenvalue weighted by Gasteiger charge is 2.03. The Hall–Kier alpha value is -1.52. The molecule has 13 heavy (non-hydrogen) atoms. The molecule has 0 atom stereocenters. The zero-order chi connectivity index (χ0) is 9.68. The Kier molecular flexibility index (Phi) is 3.31. The van der Waals surface area contributed by atoms with Crippen molar-refractivity contribution in [1.29, 1.82) is 0 Å². The van der Waals surface area contributed by atoms with Gasteiger partial charge < -0.3 is 5.32 Å². The van der Waals surface area contributed by atoms with Gasteiger partial charge in [0.25, 0.3) is 0 Å². The molecule has 2 amide bonds. The van der Waals surface area contributed by atoms with E-state index in [0.717, 1.165) is 12.0 Å². The molecule has 0 saturated carbocycles. The highest BCUT2D eigenvalue weighted by molar-refractivity contribution is 5.88. The number of aromatic amines is 1. The number of H-pyrrole nitrogens is 1. The van der Waals surface area contributed by atoms with Gasteiger partial charge in [0.1, 0.15) is 5.82 Å². The van der Waals surface area contributed by atoms with Crippen molar-refractivity contribution in [2.75, 3.05) is 11.9 Å². The zero-order valence-electron chi connectivity index (χ0n) is 7.85. The van der Waals surface area contributed by atoms with Gasteiger partial charge >= 0.3 is 6.03 Å². The molecule has 0 spiro atoms. The summed E-state index contributed by atoms with van der Waals surface area (Å²) in [7, 11) is 0. The van der Waals surface area contributed by atoms with Gasteiger partial charge in [-0.25, -0.2) is 4.79 Å². The van der Waals surface area contributed by atoms with E-state index in [-0.39, 0.29) is 6.03 Å². The van der Waals surface area contributed by atoms with E-state index in [0.29, 0.717) is 12.4 Å². The summed E-state index contributed by atoms with van der Waals surface area (Å²) in [5, 5.41) is 11.8. The van der Waals surface area contributed by atoms with Crippen LogP contribution in [0.5, 0.6) is 0 Å². The molecule has 0 fully saturated rings. The number of hydrogen-bond donors (Lipinski definition) is 3. The van der Waals surface area contributed by atoms with E-state index in [2.05, 4.69) is 20.8 Å². The molecule has 1 heterocycles. The summed E-state index contributed by atoms with van der Waals surface area (Å²) < 4.78 is 0. The van der Waals surface area contributed by atoms with Gasteiger partial charge in [-0.15, -0.1) is 0 Å². The van der Waals surface area contributed by atoms with Gasteiger partial charge in [-0.3, -0.25) is 10.4 Å². The number of rotatable bonds is 3. The Morgan fingerprint density at radius 1 is 1.69 bits per heavy atom. The van der Waals surface area contributed by atoms with E-state index in [4.69, 9.17) is 0 Å². The van der Waals surface area contributed by atoms with Crippen molar-refractivity contribution in [3.8, 4) is 0 Å². The molecule has 0 aliphatic rings. The largest absolute Gasteiger partial charge is 0.338 e. The fourth-order valence-corrected chi connectivity index (χ4v) is 0.869. The number of urea groups is 1. The Morgan fingerprint density at radius 3 is 3.00 bits per heavy atom. The first-order valence-corrected chi connectivity index (χ1v) is 4.29. The standard InChI is InChI=1S/C8H14N4O/c1-3-4-9-8(13)11-7-6(2)5-10-12-7/h5H,3-4H2,1-2H3,(H3,9,10,11,12,13). The van der Waals surface area contributed by atoms with Crippen LogP contribution in [-0.2, 0) is 0 Å². The molecule has 0 saturated heterocycles. The predicted molar refractivity (Wildman–Crippen MR) is 50.6 cm³/mol. The molecular weight excluding hydrogens is 168 g/mol. The summed E-state index contributed by atoms with van der Waals surface area (Å²) >= 11 is 0. The molecule has 5 heteroatoms. The molecule has 0 bridgehead atoms. The molecule has 3 N–H and O–H groups in total. The summed E-state index contributed by atoms with van der Waals surface area (Å²) in [4.78, 5) is 11.2. The van der Waals surface area contributed by atoms with Gasteiger partial charge in [0.2, 0.25) is 0 Å². The Labute approximate surface area is 76.9 Å². The van der Waals surface area contributed by atoms with Gasteiger partial charge in [-0.1, -0.05) is 6.92 Å². The van der Waals surface area contributed by atoms with Crippen LogP contribution in [0.25, 0.3) is 0 Å². The molecule has 72 valence electrons. The second-order valence-corrected chi connectivity index (χ2v) is 2.81. The van der Waals surface area contributed by atoms with Crippen molar-refractivity contribution < 1.29 is 4.79 Å². The van der Waals surface area contributed by atoms with Crippen molar-refractivity contribution in [3.05, 3.63) is 11.8 Å². The normalized spacial score (nSPS) is 9.69. The number of aromatic nitrogens is 2. The third-order valence-corrected chi connectivity index (χ3v) is 1.60. The second kappa shape index (κ2) is 4.49. The Balaban J connectivity index is 2.41. The van der Waals surface area contributed by atoms with E-state index < -0.39 is 0 Å². The van der Waals surface area contributed by atoms with Crippen LogP contribution >= 0.6 is 0 Å². The van der Waals surface area contributed by atoms with Gasteiger partial charge in [-0.05, 0) is 13.3 Å². The number of aryl methyl sites for hydroxylation is 1. The van der Waals surface area contributed by atoms with E-state index in [9.17, 15) is 4.79 Å². The number of nitrogens with one attached hydrogen (secondary N) is 3. The van der Waals surface area contributed by atoms with E-state index >= 15 is 0 Å². The fourth-order valence-electron chi connectivity index (χ4n) is 0.869. The third kappa shape index (κ3) is 2.77. The maximum Gasteiger partial charge on any atom is 0.320 e. The molecule has 1 aromatic rings. The van der Waals surface area contributed by atoms with Crippen LogP contribution in [0.15, 0.2) is 6.20 Å². The Bertz CT molecular complexity index is 281. The minimum Gasteiger partial charge on any atom is -0.338 e. The molecule has 5 nitrogen and oxygen atoms in total. The highest BCUT2D eigenvalue weighted by atomic mass is 16.2. The molecule has 0 aromatic carbocycles. The number of anilines is 1. The first-order chi connectivity index (χ1) is 6.24. The molecule has 1 rings (SSSR count). The topological polar surface area (TPSA) is 69.8 Å². The lowest BCUT2D eigenvalue weighted by Crippen LogP contribution is -2.29. The molecule has 0 radical (unpaired) electrons. The third-order valence-electron chi connectivity index (χ3n) is 1.60. The summed E-state index contributed by atoms with van der Waals surface area (Å²) in [5.41, 5.74) is 0.923. The summed E-state index contributed by atoms with van der Waals surface area (Å²) in [5.74, 6) is 0.647. The van der Waals surface area contributed by atoms with Crippen LogP contribution in [0, 0.1) is 6.92 Å². The lowest BCUT2D eigenvalue weighted by molar-refractivity contribution is 0.252. The number of nitrogens with zero attached hydrogens (tertiary/aromatic N) is 1. The number of carbonyl (C=O) groups is 1. The maximum absolute atomic E-state index is 11.2. The van der Waals surface area contributed by atoms with Crippen LogP contribution in [-0.4, -0.2) is 22.8 Å². The SMILES string of the molecule is CCCNC(=O)Nc1[nH]ncc1C. The van der Waals surface area contributed by atoms with E-state index in [1.54, 1.807) is 6.20 Å². The van der Waals surface area contributed by atoms with E-state index in [1.165, 1.54) is 0 Å². The lowest BCUT2D eigenvalue weighted by atomic mass is 10.4. The quantitative estimate of drug-likeness (QED) is 0.658. The van der Waals surface area contributed by atoms with Crippen LogP contribution in [0.2, 0.25) is 0 Å². The molecule has 0 aliphatic carbocycles. The highest BCUT2D eigenvalue weighted by Crippen LogP contribution is 2.07. The van der Waals surface area contributed by atoms with Crippen molar-refractivity contribution in [2.45, 2.75) is 20.3 Å². The minimum atomic E-state index is -0.200. The summed E-state index contributed by atoms with van der Waals surface area (Å²) in [6.07, 6.45) is 2.59. The molecule has 0 unspecified atom stereocenters. The number of carbonyl (C=O) groups excluding carboxylic acids is 1. The van der Waals surface area contributed by atoms with Crippen LogP contribution in [0.1, 0.15) is 18.9 Å². The fraction of sp³-hybridized carbons (Fsp3) is 0.500. The predicted octanol–water partition coefficient (Wildman–Crippen LogP) is 1.25. The second-order valence-electron chi connectivity index (χ2n) is 2.81. The molecule has 1 aromatic heterocycles. The number of hydrogen-bond acceptors (Lipinski definition) is 2. The average Bonchev–Trinajstić information content (AvgIpc) is 2.48. The first-order valence-electron chi connectivity index (χ1n) is 4.29. The monoisotopic (exact) mass is 182 g/mol. The zero-order valence-corrected chi connectivity index (χ0v) is 7.85. The van der Waals surface area contributed by atoms with E-state index in [1.807, 2.05) is 13.8 Å².